The van der Waals surface area contributed by atoms with Crippen molar-refractivity contribution < 1.29 is 0 Å². The zero-order valence-corrected chi connectivity index (χ0v) is 9.21. The van der Waals surface area contributed by atoms with Gasteiger partial charge in [-0.25, -0.2) is 0 Å². The Labute approximate surface area is 87.0 Å². The third-order valence-electron chi connectivity index (χ3n) is 4.41. The first-order valence-corrected chi connectivity index (χ1v) is 6.35. The lowest BCUT2D eigenvalue weighted by molar-refractivity contribution is 0.286. The van der Waals surface area contributed by atoms with Crippen LogP contribution in [0, 0.1) is 5.92 Å². The third-order valence-corrected chi connectivity index (χ3v) is 4.41. The fraction of sp³-hybridized carbons (Fsp3) is 1.00. The van der Waals surface area contributed by atoms with Gasteiger partial charge >= 0.3 is 0 Å². The fourth-order valence-corrected chi connectivity index (χ4v) is 3.35. The van der Waals surface area contributed by atoms with Gasteiger partial charge in [0.15, 0.2) is 0 Å². The third kappa shape index (κ3) is 1.59. The monoisotopic (exact) mass is 194 g/mol. The maximum atomic E-state index is 3.87. The van der Waals surface area contributed by atoms with Crippen LogP contribution in [0.2, 0.25) is 0 Å². The van der Waals surface area contributed by atoms with E-state index in [4.69, 9.17) is 0 Å². The highest BCUT2D eigenvalue weighted by molar-refractivity contribution is 4.98. The molecule has 2 nitrogen and oxygen atoms in total. The molecule has 3 unspecified atom stereocenters. The second-order valence-corrected chi connectivity index (χ2v) is 5.43. The van der Waals surface area contributed by atoms with Crippen molar-refractivity contribution in [2.24, 2.45) is 5.92 Å². The number of hydrogen-bond donors (Lipinski definition) is 1. The Hall–Kier alpha value is -0.0800. The van der Waals surface area contributed by atoms with Gasteiger partial charge in [0.05, 0.1) is 0 Å². The average Bonchev–Trinajstić information content (AvgIpc) is 2.81. The van der Waals surface area contributed by atoms with E-state index in [1.807, 2.05) is 0 Å². The van der Waals surface area contributed by atoms with Gasteiger partial charge in [-0.1, -0.05) is 0 Å². The molecule has 0 aromatic heterocycles. The Morgan fingerprint density at radius 2 is 2.00 bits per heavy atom. The van der Waals surface area contributed by atoms with E-state index >= 15 is 0 Å². The molecule has 0 aromatic rings. The van der Waals surface area contributed by atoms with E-state index in [1.54, 1.807) is 0 Å². The van der Waals surface area contributed by atoms with Crippen LogP contribution >= 0.6 is 0 Å². The van der Waals surface area contributed by atoms with Crippen LogP contribution in [0.3, 0.4) is 0 Å². The second-order valence-electron chi connectivity index (χ2n) is 5.43. The summed E-state index contributed by atoms with van der Waals surface area (Å²) in [5.41, 5.74) is 0. The van der Waals surface area contributed by atoms with E-state index in [0.717, 1.165) is 24.0 Å². The highest BCUT2D eigenvalue weighted by atomic mass is 15.2. The fourth-order valence-electron chi connectivity index (χ4n) is 3.35. The lowest BCUT2D eigenvalue weighted by Crippen LogP contribution is -2.44. The van der Waals surface area contributed by atoms with Gasteiger partial charge in [-0.2, -0.15) is 0 Å². The minimum absolute atomic E-state index is 0.778. The van der Waals surface area contributed by atoms with Crippen LogP contribution < -0.4 is 5.32 Å². The van der Waals surface area contributed by atoms with Gasteiger partial charge in [-0.05, 0) is 51.5 Å². The summed E-state index contributed by atoms with van der Waals surface area (Å²) in [6.07, 6.45) is 7.20. The van der Waals surface area contributed by atoms with E-state index in [2.05, 4.69) is 17.1 Å². The van der Waals surface area contributed by atoms with E-state index in [0.29, 0.717) is 0 Å². The SMILES string of the molecule is CC(NC1CCN2CCCC12)C1CC1. The van der Waals surface area contributed by atoms with Crippen LogP contribution in [-0.4, -0.2) is 36.1 Å². The molecule has 1 saturated carbocycles. The van der Waals surface area contributed by atoms with E-state index in [9.17, 15) is 0 Å². The molecule has 2 saturated heterocycles. The first-order chi connectivity index (χ1) is 6.84. The molecule has 0 aromatic carbocycles. The smallest absolute Gasteiger partial charge is 0.0250 e. The molecule has 3 rings (SSSR count). The maximum Gasteiger partial charge on any atom is 0.0250 e. The number of hydrogen-bond acceptors (Lipinski definition) is 2. The summed E-state index contributed by atoms with van der Waals surface area (Å²) < 4.78 is 0. The molecule has 3 fully saturated rings. The van der Waals surface area contributed by atoms with Crippen molar-refractivity contribution in [1.29, 1.82) is 0 Å². The molecular formula is C12H22N2. The zero-order valence-electron chi connectivity index (χ0n) is 9.21. The Bertz CT molecular complexity index is 212. The summed E-state index contributed by atoms with van der Waals surface area (Å²) >= 11 is 0. The average molecular weight is 194 g/mol. The van der Waals surface area contributed by atoms with Crippen molar-refractivity contribution in [2.45, 2.75) is 57.2 Å². The molecule has 14 heavy (non-hydrogen) atoms. The molecule has 0 spiro atoms. The molecule has 2 aliphatic heterocycles. The van der Waals surface area contributed by atoms with Crippen LogP contribution in [0.4, 0.5) is 0 Å². The molecule has 2 heterocycles. The minimum Gasteiger partial charge on any atom is -0.310 e. The van der Waals surface area contributed by atoms with E-state index < -0.39 is 0 Å². The van der Waals surface area contributed by atoms with Crippen molar-refractivity contribution in [3.8, 4) is 0 Å². The van der Waals surface area contributed by atoms with Gasteiger partial charge in [-0.15, -0.1) is 0 Å². The Morgan fingerprint density at radius 1 is 1.14 bits per heavy atom. The molecule has 3 atom stereocenters. The molecule has 0 bridgehead atoms. The van der Waals surface area contributed by atoms with Crippen LogP contribution in [0.15, 0.2) is 0 Å². The number of nitrogens with one attached hydrogen (secondary N) is 1. The summed E-state index contributed by atoms with van der Waals surface area (Å²) in [6, 6.07) is 2.48. The summed E-state index contributed by atoms with van der Waals surface area (Å²) in [6.45, 7) is 5.09. The van der Waals surface area contributed by atoms with Gasteiger partial charge in [0.1, 0.15) is 0 Å². The Balaban J connectivity index is 1.56. The first kappa shape index (κ1) is 9.17. The summed E-state index contributed by atoms with van der Waals surface area (Å²) in [5, 5.41) is 3.87. The van der Waals surface area contributed by atoms with Gasteiger partial charge in [0, 0.05) is 24.7 Å². The number of fused-ring (bicyclic) bond motifs is 1. The van der Waals surface area contributed by atoms with Gasteiger partial charge in [-0.3, -0.25) is 4.90 Å². The van der Waals surface area contributed by atoms with E-state index in [1.165, 1.54) is 45.2 Å². The van der Waals surface area contributed by atoms with Gasteiger partial charge in [0.2, 0.25) is 0 Å². The zero-order chi connectivity index (χ0) is 9.54. The molecular weight excluding hydrogens is 172 g/mol. The van der Waals surface area contributed by atoms with Crippen molar-refractivity contribution in [2.75, 3.05) is 13.1 Å². The minimum atomic E-state index is 0.778. The summed E-state index contributed by atoms with van der Waals surface area (Å²) in [4.78, 5) is 2.69. The second kappa shape index (κ2) is 3.49. The number of rotatable bonds is 3. The van der Waals surface area contributed by atoms with Crippen LogP contribution in [-0.2, 0) is 0 Å². The standard InChI is InChI=1S/C12H22N2/c1-9(10-4-5-10)13-11-6-8-14-7-2-3-12(11)14/h9-13H,2-8H2,1H3. The molecule has 1 aliphatic carbocycles. The van der Waals surface area contributed by atoms with Gasteiger partial charge < -0.3 is 5.32 Å². The van der Waals surface area contributed by atoms with Crippen LogP contribution in [0.1, 0.15) is 39.0 Å². The summed E-state index contributed by atoms with van der Waals surface area (Å²) in [7, 11) is 0. The van der Waals surface area contributed by atoms with E-state index in [-0.39, 0.29) is 0 Å². The molecule has 1 N–H and O–H groups in total. The molecule has 80 valence electrons. The quantitative estimate of drug-likeness (QED) is 0.734. The van der Waals surface area contributed by atoms with Crippen molar-refractivity contribution in [3.63, 3.8) is 0 Å². The summed E-state index contributed by atoms with van der Waals surface area (Å²) in [5.74, 6) is 1.01. The highest BCUT2D eigenvalue weighted by Crippen LogP contribution is 2.34. The highest BCUT2D eigenvalue weighted by Gasteiger charge is 2.39. The van der Waals surface area contributed by atoms with Crippen molar-refractivity contribution in [1.82, 2.24) is 10.2 Å². The lowest BCUT2D eigenvalue weighted by Gasteiger charge is -2.25. The molecule has 3 aliphatic rings. The largest absolute Gasteiger partial charge is 0.310 e. The lowest BCUT2D eigenvalue weighted by atomic mass is 10.0. The first-order valence-electron chi connectivity index (χ1n) is 6.35. The number of nitrogens with zero attached hydrogens (tertiary/aromatic N) is 1. The normalized spacial score (nSPS) is 40.1. The Kier molecular flexibility index (Phi) is 2.29. The molecule has 0 amide bonds. The van der Waals surface area contributed by atoms with Gasteiger partial charge in [0.25, 0.3) is 0 Å². The molecule has 2 heteroatoms. The van der Waals surface area contributed by atoms with Crippen LogP contribution in [0.5, 0.6) is 0 Å². The van der Waals surface area contributed by atoms with Crippen molar-refractivity contribution >= 4 is 0 Å². The van der Waals surface area contributed by atoms with Crippen LogP contribution in [0.25, 0.3) is 0 Å². The molecule has 0 radical (unpaired) electrons. The maximum absolute atomic E-state index is 3.87. The predicted octanol–water partition coefficient (Wildman–Crippen LogP) is 1.61. The topological polar surface area (TPSA) is 15.3 Å². The Morgan fingerprint density at radius 3 is 2.79 bits per heavy atom. The predicted molar refractivity (Wildman–Crippen MR) is 58.3 cm³/mol. The van der Waals surface area contributed by atoms with Crippen molar-refractivity contribution in [3.05, 3.63) is 0 Å².